The molecule has 1 N–H and O–H groups in total. The van der Waals surface area contributed by atoms with Crippen molar-refractivity contribution in [2.24, 2.45) is 0 Å². The third-order valence-electron chi connectivity index (χ3n) is 0.827. The van der Waals surface area contributed by atoms with Crippen LogP contribution in [0.5, 0.6) is 0 Å². The Balaban J connectivity index is 3.35. The molecule has 0 aromatic rings. The van der Waals surface area contributed by atoms with E-state index in [2.05, 4.69) is 13.2 Å². The summed E-state index contributed by atoms with van der Waals surface area (Å²) >= 11 is 0. The molecular formula is C6H12OS. The van der Waals surface area contributed by atoms with Crippen molar-refractivity contribution in [3.63, 3.8) is 0 Å². The second-order valence-corrected chi connectivity index (χ2v) is 3.53. The Morgan fingerprint density at radius 1 is 1.38 bits per heavy atom. The normalized spacial score (nSPS) is 10.4. The Bertz CT molecular complexity index is 72.6. The van der Waals surface area contributed by atoms with Gasteiger partial charge in [0.15, 0.2) is 0 Å². The van der Waals surface area contributed by atoms with Gasteiger partial charge in [-0.15, -0.1) is 0 Å². The predicted molar refractivity (Wildman–Crippen MR) is 41.3 cm³/mol. The van der Waals surface area contributed by atoms with Crippen LogP contribution in [0, 0.1) is 0 Å². The van der Waals surface area contributed by atoms with Crippen molar-refractivity contribution < 1.29 is 5.11 Å². The molecule has 48 valence electrons. The number of aliphatic hydroxyl groups is 1. The Labute approximate surface area is 53.1 Å². The topological polar surface area (TPSA) is 20.2 Å². The van der Waals surface area contributed by atoms with E-state index in [-0.39, 0.29) is 17.5 Å². The molecule has 0 aliphatic heterocycles. The van der Waals surface area contributed by atoms with E-state index in [0.29, 0.717) is 0 Å². The van der Waals surface area contributed by atoms with E-state index in [1.54, 1.807) is 0 Å². The minimum Gasteiger partial charge on any atom is -0.396 e. The largest absolute Gasteiger partial charge is 0.396 e. The van der Waals surface area contributed by atoms with Crippen molar-refractivity contribution in [1.29, 1.82) is 0 Å². The summed E-state index contributed by atoms with van der Waals surface area (Å²) < 4.78 is 0. The highest BCUT2D eigenvalue weighted by Gasteiger charge is 1.87. The summed E-state index contributed by atoms with van der Waals surface area (Å²) in [7, 11) is -0.279. The van der Waals surface area contributed by atoms with Crippen LogP contribution in [-0.2, 0) is 0 Å². The summed E-state index contributed by atoms with van der Waals surface area (Å²) in [5.74, 6) is 0.808. The van der Waals surface area contributed by atoms with Crippen LogP contribution in [0.2, 0.25) is 0 Å². The van der Waals surface area contributed by atoms with E-state index >= 15 is 0 Å². The number of hydrogen-bond donors (Lipinski definition) is 2. The van der Waals surface area contributed by atoms with Crippen molar-refractivity contribution in [1.82, 2.24) is 0 Å². The van der Waals surface area contributed by atoms with E-state index in [9.17, 15) is 0 Å². The predicted octanol–water partition coefficient (Wildman–Crippen LogP) is 1.27. The number of aliphatic hydroxyl groups excluding tert-OH is 1. The molecule has 0 aliphatic rings. The highest BCUT2D eigenvalue weighted by Crippen LogP contribution is 2.24. The van der Waals surface area contributed by atoms with Gasteiger partial charge in [0.1, 0.15) is 0 Å². The fourth-order valence-corrected chi connectivity index (χ4v) is 1.12. The molecule has 8 heavy (non-hydrogen) atoms. The first-order valence-electron chi connectivity index (χ1n) is 2.47. The first-order chi connectivity index (χ1) is 3.85. The lowest BCUT2D eigenvalue weighted by molar-refractivity contribution is 0.322. The summed E-state index contributed by atoms with van der Waals surface area (Å²) in [5.41, 5.74) is 0. The smallest absolute Gasteiger partial charge is 0.0510 e. The Kier molecular flexibility index (Phi) is 4.81. The van der Waals surface area contributed by atoms with Gasteiger partial charge in [-0.3, -0.25) is 0 Å². The molecule has 0 unspecified atom stereocenters. The minimum atomic E-state index is -0.279. The lowest BCUT2D eigenvalue weighted by Crippen LogP contribution is -1.87. The van der Waals surface area contributed by atoms with Crippen LogP contribution in [0.4, 0.5) is 0 Å². The van der Waals surface area contributed by atoms with E-state index in [0.717, 1.165) is 5.75 Å². The second kappa shape index (κ2) is 4.94. The molecule has 0 atom stereocenters. The standard InChI is InChI=1S/C6H12OS/c1-3-8(4-2)6-5-7/h3-4,7-8H,1-2,5-6H2. The zero-order valence-electron chi connectivity index (χ0n) is 4.88. The first kappa shape index (κ1) is 7.79. The van der Waals surface area contributed by atoms with E-state index < -0.39 is 0 Å². The van der Waals surface area contributed by atoms with Crippen LogP contribution in [0.3, 0.4) is 0 Å². The van der Waals surface area contributed by atoms with E-state index in [1.165, 1.54) is 0 Å². The van der Waals surface area contributed by atoms with Gasteiger partial charge in [-0.25, -0.2) is 10.9 Å². The van der Waals surface area contributed by atoms with Gasteiger partial charge in [-0.1, -0.05) is 24.0 Å². The average Bonchev–Trinajstić information content (AvgIpc) is 1.83. The maximum absolute atomic E-state index is 8.42. The van der Waals surface area contributed by atoms with E-state index in [4.69, 9.17) is 5.11 Å². The molecule has 0 heterocycles. The van der Waals surface area contributed by atoms with Gasteiger partial charge < -0.3 is 5.11 Å². The van der Waals surface area contributed by atoms with Gasteiger partial charge in [0, 0.05) is 5.75 Å². The maximum atomic E-state index is 8.42. The molecule has 0 aromatic heterocycles. The summed E-state index contributed by atoms with van der Waals surface area (Å²) in [6.07, 6.45) is 0. The molecule has 0 aliphatic carbocycles. The third-order valence-corrected chi connectivity index (χ3v) is 2.48. The quantitative estimate of drug-likeness (QED) is 0.552. The molecule has 0 aromatic carbocycles. The first-order valence-corrected chi connectivity index (χ1v) is 4.13. The summed E-state index contributed by atoms with van der Waals surface area (Å²) in [5, 5.41) is 12.1. The molecule has 0 spiro atoms. The fourth-order valence-electron chi connectivity index (χ4n) is 0.373. The number of rotatable bonds is 4. The Hall–Kier alpha value is -0.210. The van der Waals surface area contributed by atoms with E-state index in [1.807, 2.05) is 10.8 Å². The zero-order chi connectivity index (χ0) is 6.41. The molecule has 0 saturated heterocycles. The lowest BCUT2D eigenvalue weighted by Gasteiger charge is -2.06. The van der Waals surface area contributed by atoms with Crippen molar-refractivity contribution >= 4 is 10.9 Å². The van der Waals surface area contributed by atoms with Crippen molar-refractivity contribution in [2.45, 2.75) is 0 Å². The highest BCUT2D eigenvalue weighted by atomic mass is 32.2. The van der Waals surface area contributed by atoms with Crippen LogP contribution < -0.4 is 0 Å². The van der Waals surface area contributed by atoms with Gasteiger partial charge >= 0.3 is 0 Å². The van der Waals surface area contributed by atoms with Gasteiger partial charge in [0.05, 0.1) is 6.61 Å². The van der Waals surface area contributed by atoms with Crippen molar-refractivity contribution in [2.75, 3.05) is 12.4 Å². The monoisotopic (exact) mass is 132 g/mol. The molecule has 0 amide bonds. The molecule has 2 heteroatoms. The number of hydrogen-bond acceptors (Lipinski definition) is 1. The molecule has 1 nitrogen and oxygen atoms in total. The SMILES string of the molecule is C=C[SH](C=C)CCO. The van der Waals surface area contributed by atoms with Gasteiger partial charge in [-0.05, 0) is 0 Å². The molecular weight excluding hydrogens is 120 g/mol. The van der Waals surface area contributed by atoms with Gasteiger partial charge in [0.2, 0.25) is 0 Å². The lowest BCUT2D eigenvalue weighted by atomic mass is 10.9. The number of thiol groups is 1. The van der Waals surface area contributed by atoms with Crippen LogP contribution in [0.25, 0.3) is 0 Å². The van der Waals surface area contributed by atoms with Gasteiger partial charge in [-0.2, -0.15) is 0 Å². The minimum absolute atomic E-state index is 0.240. The van der Waals surface area contributed by atoms with Gasteiger partial charge in [0.25, 0.3) is 0 Å². The van der Waals surface area contributed by atoms with Crippen molar-refractivity contribution in [3.05, 3.63) is 24.0 Å². The van der Waals surface area contributed by atoms with Crippen LogP contribution in [-0.4, -0.2) is 17.5 Å². The molecule has 0 fully saturated rings. The summed E-state index contributed by atoms with van der Waals surface area (Å²) in [6, 6.07) is 0. The Morgan fingerprint density at radius 2 is 1.88 bits per heavy atom. The summed E-state index contributed by atoms with van der Waals surface area (Å²) in [6.45, 7) is 7.43. The van der Waals surface area contributed by atoms with Crippen molar-refractivity contribution in [3.8, 4) is 0 Å². The summed E-state index contributed by atoms with van der Waals surface area (Å²) in [4.78, 5) is 0. The van der Waals surface area contributed by atoms with Crippen LogP contribution in [0.15, 0.2) is 24.0 Å². The molecule has 0 bridgehead atoms. The average molecular weight is 132 g/mol. The van der Waals surface area contributed by atoms with Crippen LogP contribution in [0.1, 0.15) is 0 Å². The van der Waals surface area contributed by atoms with Crippen LogP contribution >= 0.6 is 10.9 Å². The molecule has 0 rings (SSSR count). The fraction of sp³-hybridized carbons (Fsp3) is 0.333. The Morgan fingerprint density at radius 3 is 2.00 bits per heavy atom. The zero-order valence-corrected chi connectivity index (χ0v) is 5.77. The highest BCUT2D eigenvalue weighted by molar-refractivity contribution is 8.22. The maximum Gasteiger partial charge on any atom is 0.0510 e. The molecule has 0 saturated carbocycles. The second-order valence-electron chi connectivity index (χ2n) is 1.33. The third kappa shape index (κ3) is 2.88. The molecule has 0 radical (unpaired) electrons.